The van der Waals surface area contributed by atoms with Crippen LogP contribution in [0, 0.1) is 0 Å². The summed E-state index contributed by atoms with van der Waals surface area (Å²) in [6, 6.07) is 0. The zero-order chi connectivity index (χ0) is 11.7. The minimum atomic E-state index is -1.08. The number of H-pyrrole nitrogens is 2. The highest BCUT2D eigenvalue weighted by Crippen LogP contribution is 2.18. The molecule has 2 aromatic rings. The molecule has 7 heteroatoms. The number of carboxylic acid groups (broad SMARTS) is 1. The summed E-state index contributed by atoms with van der Waals surface area (Å²) in [5, 5.41) is 15.6. The topological polar surface area (TPSA) is 108 Å². The minimum Gasteiger partial charge on any atom is -0.477 e. The van der Waals surface area contributed by atoms with E-state index in [0.717, 1.165) is 0 Å². The molecule has 0 saturated carbocycles. The number of hydrogen-bond acceptors (Lipinski definition) is 4. The molecule has 0 radical (unpaired) electrons. The third kappa shape index (κ3) is 1.67. The monoisotopic (exact) mass is 221 g/mol. The van der Waals surface area contributed by atoms with Crippen LogP contribution in [0.4, 0.5) is 0 Å². The van der Waals surface area contributed by atoms with Gasteiger partial charge < -0.3 is 10.1 Å². The molecule has 0 amide bonds. The van der Waals surface area contributed by atoms with Crippen LogP contribution in [0.5, 0.6) is 0 Å². The van der Waals surface area contributed by atoms with Crippen molar-refractivity contribution in [3.63, 3.8) is 0 Å². The van der Waals surface area contributed by atoms with Crippen LogP contribution in [0.3, 0.4) is 0 Å². The molecule has 2 rings (SSSR count). The standard InChI is InChI=1S/C9H11N5O2/c1-4(2)7-12-8(14-13-7)5-6(9(15)16)11-3-10-5/h3-4H,1-2H3,(H,10,11)(H,15,16)(H,12,13,14). The first-order valence-electron chi connectivity index (χ1n) is 4.79. The average Bonchev–Trinajstić information content (AvgIpc) is 2.86. The molecule has 16 heavy (non-hydrogen) atoms. The van der Waals surface area contributed by atoms with Gasteiger partial charge in [0.1, 0.15) is 11.5 Å². The maximum absolute atomic E-state index is 10.9. The molecule has 84 valence electrons. The van der Waals surface area contributed by atoms with Gasteiger partial charge in [-0.25, -0.2) is 14.8 Å². The Kier molecular flexibility index (Phi) is 2.43. The van der Waals surface area contributed by atoms with Crippen molar-refractivity contribution in [2.45, 2.75) is 19.8 Å². The fourth-order valence-electron chi connectivity index (χ4n) is 1.27. The molecule has 2 aromatic heterocycles. The van der Waals surface area contributed by atoms with Crippen molar-refractivity contribution >= 4 is 5.97 Å². The van der Waals surface area contributed by atoms with Crippen molar-refractivity contribution in [2.24, 2.45) is 0 Å². The molecule has 0 saturated heterocycles. The Morgan fingerprint density at radius 2 is 2.25 bits per heavy atom. The van der Waals surface area contributed by atoms with Crippen LogP contribution in [-0.4, -0.2) is 36.2 Å². The van der Waals surface area contributed by atoms with Gasteiger partial charge in [-0.1, -0.05) is 13.8 Å². The number of hydrogen-bond donors (Lipinski definition) is 3. The van der Waals surface area contributed by atoms with Crippen LogP contribution in [0.15, 0.2) is 6.33 Å². The predicted octanol–water partition coefficient (Wildman–Crippen LogP) is 1.02. The highest BCUT2D eigenvalue weighted by atomic mass is 16.4. The van der Waals surface area contributed by atoms with Crippen LogP contribution < -0.4 is 0 Å². The van der Waals surface area contributed by atoms with Crippen LogP contribution in [0.25, 0.3) is 11.5 Å². The van der Waals surface area contributed by atoms with Crippen LogP contribution in [0.1, 0.15) is 36.1 Å². The summed E-state index contributed by atoms with van der Waals surface area (Å²) in [5.74, 6) is 0.119. The number of aromatic amines is 2. The van der Waals surface area contributed by atoms with Crippen molar-refractivity contribution < 1.29 is 9.90 Å². The van der Waals surface area contributed by atoms with E-state index in [1.54, 1.807) is 0 Å². The van der Waals surface area contributed by atoms with Gasteiger partial charge in [-0.05, 0) is 0 Å². The smallest absolute Gasteiger partial charge is 0.354 e. The molecule has 0 atom stereocenters. The highest BCUT2D eigenvalue weighted by molar-refractivity contribution is 5.91. The van der Waals surface area contributed by atoms with Gasteiger partial charge in [-0.15, -0.1) is 0 Å². The SMILES string of the molecule is CC(C)c1nc(-c2nc[nH]c2C(=O)O)n[nH]1. The summed E-state index contributed by atoms with van der Waals surface area (Å²) in [6.45, 7) is 3.93. The van der Waals surface area contributed by atoms with Gasteiger partial charge in [0.05, 0.1) is 6.33 Å². The quantitative estimate of drug-likeness (QED) is 0.717. The number of imidazole rings is 1. The molecule has 0 aliphatic rings. The molecule has 7 nitrogen and oxygen atoms in total. The van der Waals surface area contributed by atoms with Crippen molar-refractivity contribution in [1.82, 2.24) is 25.1 Å². The van der Waals surface area contributed by atoms with Crippen molar-refractivity contribution in [1.29, 1.82) is 0 Å². The molecule has 3 N–H and O–H groups in total. The van der Waals surface area contributed by atoms with Crippen LogP contribution >= 0.6 is 0 Å². The maximum atomic E-state index is 10.9. The van der Waals surface area contributed by atoms with E-state index in [9.17, 15) is 4.79 Å². The number of rotatable bonds is 3. The first-order chi connectivity index (χ1) is 7.59. The second-order valence-electron chi connectivity index (χ2n) is 3.63. The summed E-state index contributed by atoms with van der Waals surface area (Å²) in [6.07, 6.45) is 1.31. The Bertz CT molecular complexity index is 513. The van der Waals surface area contributed by atoms with E-state index >= 15 is 0 Å². The van der Waals surface area contributed by atoms with Crippen molar-refractivity contribution in [3.8, 4) is 11.5 Å². The second kappa shape index (κ2) is 3.76. The molecule has 0 unspecified atom stereocenters. The third-order valence-electron chi connectivity index (χ3n) is 2.11. The van der Waals surface area contributed by atoms with Gasteiger partial charge in [0.25, 0.3) is 0 Å². The van der Waals surface area contributed by atoms with Crippen LogP contribution in [-0.2, 0) is 0 Å². The van der Waals surface area contributed by atoms with Gasteiger partial charge in [-0.3, -0.25) is 5.10 Å². The average molecular weight is 221 g/mol. The summed E-state index contributed by atoms with van der Waals surface area (Å²) < 4.78 is 0. The Hall–Kier alpha value is -2.18. The molecule has 0 bridgehead atoms. The lowest BCUT2D eigenvalue weighted by molar-refractivity contribution is 0.0692. The lowest BCUT2D eigenvalue weighted by Crippen LogP contribution is -2.00. The zero-order valence-electron chi connectivity index (χ0n) is 8.85. The lowest BCUT2D eigenvalue weighted by Gasteiger charge is -1.95. The van der Waals surface area contributed by atoms with E-state index in [4.69, 9.17) is 5.11 Å². The molecule has 0 fully saturated rings. The van der Waals surface area contributed by atoms with Gasteiger partial charge in [0, 0.05) is 5.92 Å². The Morgan fingerprint density at radius 3 is 2.81 bits per heavy atom. The van der Waals surface area contributed by atoms with Gasteiger partial charge in [0.2, 0.25) is 5.82 Å². The van der Waals surface area contributed by atoms with Crippen LogP contribution in [0.2, 0.25) is 0 Å². The summed E-state index contributed by atoms with van der Waals surface area (Å²) in [4.78, 5) is 21.5. The first kappa shape index (κ1) is 10.3. The molecular formula is C9H11N5O2. The number of aromatic carboxylic acids is 1. The number of carbonyl (C=O) groups is 1. The van der Waals surface area contributed by atoms with Gasteiger partial charge in [-0.2, -0.15) is 5.10 Å². The molecule has 2 heterocycles. The summed E-state index contributed by atoms with van der Waals surface area (Å²) in [7, 11) is 0. The number of carboxylic acids is 1. The Balaban J connectivity index is 2.42. The third-order valence-corrected chi connectivity index (χ3v) is 2.11. The molecule has 0 aliphatic carbocycles. The first-order valence-corrected chi connectivity index (χ1v) is 4.79. The Morgan fingerprint density at radius 1 is 1.50 bits per heavy atom. The molecule has 0 aromatic carbocycles. The second-order valence-corrected chi connectivity index (χ2v) is 3.63. The van der Waals surface area contributed by atoms with Gasteiger partial charge in [0.15, 0.2) is 5.69 Å². The lowest BCUT2D eigenvalue weighted by atomic mass is 10.2. The summed E-state index contributed by atoms with van der Waals surface area (Å²) >= 11 is 0. The minimum absolute atomic E-state index is 0.00527. The molecule has 0 spiro atoms. The fourth-order valence-corrected chi connectivity index (χ4v) is 1.27. The predicted molar refractivity (Wildman–Crippen MR) is 55.0 cm³/mol. The van der Waals surface area contributed by atoms with E-state index < -0.39 is 5.97 Å². The maximum Gasteiger partial charge on any atom is 0.354 e. The number of nitrogens with one attached hydrogen (secondary N) is 2. The molecular weight excluding hydrogens is 210 g/mol. The van der Waals surface area contributed by atoms with E-state index in [2.05, 4.69) is 25.1 Å². The van der Waals surface area contributed by atoms with Crippen molar-refractivity contribution in [3.05, 3.63) is 17.8 Å². The molecule has 0 aliphatic heterocycles. The van der Waals surface area contributed by atoms with E-state index in [1.807, 2.05) is 13.8 Å². The van der Waals surface area contributed by atoms with E-state index in [0.29, 0.717) is 11.6 Å². The van der Waals surface area contributed by atoms with Gasteiger partial charge >= 0.3 is 5.97 Å². The number of aromatic nitrogens is 5. The fraction of sp³-hybridized carbons (Fsp3) is 0.333. The normalized spacial score (nSPS) is 10.9. The highest BCUT2D eigenvalue weighted by Gasteiger charge is 2.18. The Labute approximate surface area is 90.9 Å². The van der Waals surface area contributed by atoms with E-state index in [-0.39, 0.29) is 17.3 Å². The largest absolute Gasteiger partial charge is 0.477 e. The zero-order valence-corrected chi connectivity index (χ0v) is 8.85. The number of nitrogens with zero attached hydrogens (tertiary/aromatic N) is 3. The summed E-state index contributed by atoms with van der Waals surface area (Å²) in [5.41, 5.74) is 0.241. The van der Waals surface area contributed by atoms with Crippen molar-refractivity contribution in [2.75, 3.05) is 0 Å². The van der Waals surface area contributed by atoms with E-state index in [1.165, 1.54) is 6.33 Å².